The number of hydrogen-bond donors (Lipinski definition) is 2. The van der Waals surface area contributed by atoms with Crippen LogP contribution in [0, 0.1) is 17.2 Å². The molecular formula is C23H27BrN2O2. The fourth-order valence-corrected chi connectivity index (χ4v) is 4.44. The van der Waals surface area contributed by atoms with Crippen molar-refractivity contribution in [2.75, 3.05) is 13.2 Å². The van der Waals surface area contributed by atoms with Crippen molar-refractivity contribution >= 4 is 15.9 Å². The predicted molar refractivity (Wildman–Crippen MR) is 114 cm³/mol. The van der Waals surface area contributed by atoms with E-state index in [1.807, 2.05) is 6.07 Å². The largest absolute Gasteiger partial charge is 0.488 e. The minimum absolute atomic E-state index is 0.0706. The quantitative estimate of drug-likeness (QED) is 0.641. The second kappa shape index (κ2) is 9.09. The van der Waals surface area contributed by atoms with E-state index in [2.05, 4.69) is 65.4 Å². The maximum atomic E-state index is 10.3. The smallest absolute Gasteiger partial charge is 0.151 e. The van der Waals surface area contributed by atoms with Gasteiger partial charge in [0.25, 0.3) is 0 Å². The highest BCUT2D eigenvalue weighted by atomic mass is 79.9. The first kappa shape index (κ1) is 20.9. The molecule has 4 nitrogen and oxygen atoms in total. The van der Waals surface area contributed by atoms with Crippen molar-refractivity contribution in [3.05, 3.63) is 63.6 Å². The van der Waals surface area contributed by atoms with Gasteiger partial charge in [-0.25, -0.2) is 0 Å². The van der Waals surface area contributed by atoms with E-state index >= 15 is 0 Å². The van der Waals surface area contributed by atoms with Crippen molar-refractivity contribution in [3.8, 4) is 11.8 Å². The number of nitriles is 1. The van der Waals surface area contributed by atoms with E-state index in [4.69, 9.17) is 4.74 Å². The second-order valence-electron chi connectivity index (χ2n) is 8.21. The fourth-order valence-electron chi connectivity index (χ4n) is 3.96. The number of nitrogens with one attached hydrogen (secondary N) is 1. The molecular weight excluding hydrogens is 416 g/mol. The topological polar surface area (TPSA) is 65.3 Å². The zero-order valence-electron chi connectivity index (χ0n) is 16.4. The Kier molecular flexibility index (Phi) is 6.77. The van der Waals surface area contributed by atoms with E-state index in [-0.39, 0.29) is 12.1 Å². The monoisotopic (exact) mass is 442 g/mol. The van der Waals surface area contributed by atoms with Gasteiger partial charge in [0.2, 0.25) is 0 Å². The summed E-state index contributed by atoms with van der Waals surface area (Å²) in [6, 6.07) is 16.1. The van der Waals surface area contributed by atoms with Crippen molar-refractivity contribution in [1.82, 2.24) is 5.32 Å². The van der Waals surface area contributed by atoms with E-state index in [1.165, 1.54) is 11.1 Å². The van der Waals surface area contributed by atoms with Crippen molar-refractivity contribution in [3.63, 3.8) is 0 Å². The maximum absolute atomic E-state index is 10.3. The maximum Gasteiger partial charge on any atom is 0.151 e. The summed E-state index contributed by atoms with van der Waals surface area (Å²) in [5, 5.41) is 23.0. The minimum atomic E-state index is -0.654. The van der Waals surface area contributed by atoms with Crippen LogP contribution >= 0.6 is 15.9 Å². The lowest BCUT2D eigenvalue weighted by Crippen LogP contribution is -2.46. The molecule has 1 aliphatic carbocycles. The highest BCUT2D eigenvalue weighted by Gasteiger charge is 2.28. The van der Waals surface area contributed by atoms with Gasteiger partial charge in [-0.3, -0.25) is 0 Å². The van der Waals surface area contributed by atoms with E-state index in [0.717, 1.165) is 19.3 Å². The lowest BCUT2D eigenvalue weighted by atomic mass is 9.88. The normalized spacial score (nSPS) is 15.1. The molecule has 0 aromatic heterocycles. The Labute approximate surface area is 175 Å². The second-order valence-corrected chi connectivity index (χ2v) is 9.06. The molecule has 2 N–H and O–H groups in total. The molecule has 0 radical (unpaired) electrons. The Balaban J connectivity index is 1.46. The van der Waals surface area contributed by atoms with Gasteiger partial charge in [-0.2, -0.15) is 5.26 Å². The summed E-state index contributed by atoms with van der Waals surface area (Å²) >= 11 is 3.40. The van der Waals surface area contributed by atoms with Crippen LogP contribution in [0.15, 0.2) is 46.9 Å². The van der Waals surface area contributed by atoms with Gasteiger partial charge in [0, 0.05) is 12.1 Å². The van der Waals surface area contributed by atoms with Gasteiger partial charge in [-0.1, -0.05) is 30.3 Å². The molecule has 0 saturated heterocycles. The fraction of sp³-hybridized carbons (Fsp3) is 0.435. The van der Waals surface area contributed by atoms with Crippen LogP contribution in [-0.4, -0.2) is 29.9 Å². The van der Waals surface area contributed by atoms with Gasteiger partial charge < -0.3 is 15.2 Å². The zero-order valence-corrected chi connectivity index (χ0v) is 18.0. The molecule has 0 heterocycles. The molecule has 1 aliphatic rings. The van der Waals surface area contributed by atoms with E-state index in [0.29, 0.717) is 28.2 Å². The van der Waals surface area contributed by atoms with Crippen LogP contribution in [0.2, 0.25) is 0 Å². The number of fused-ring (bicyclic) bond motifs is 1. The van der Waals surface area contributed by atoms with Gasteiger partial charge in [0.05, 0.1) is 10.0 Å². The number of halogens is 1. The number of β-amino-alcohol motifs (C(OH)–C–C–N with tert-alkyl or cyclic N) is 1. The Morgan fingerprint density at radius 2 is 1.89 bits per heavy atom. The molecule has 148 valence electrons. The lowest BCUT2D eigenvalue weighted by molar-refractivity contribution is 0.0961. The molecule has 0 fully saturated rings. The third kappa shape index (κ3) is 5.35. The molecule has 0 spiro atoms. The average molecular weight is 443 g/mol. The number of rotatable bonds is 8. The van der Waals surface area contributed by atoms with Crippen LogP contribution < -0.4 is 10.1 Å². The number of aliphatic hydroxyl groups excluding tert-OH is 1. The summed E-state index contributed by atoms with van der Waals surface area (Å²) < 4.78 is 6.42. The lowest BCUT2D eigenvalue weighted by Gasteiger charge is -2.30. The van der Waals surface area contributed by atoms with Crippen LogP contribution in [0.1, 0.15) is 37.0 Å². The van der Waals surface area contributed by atoms with Crippen molar-refractivity contribution < 1.29 is 9.84 Å². The van der Waals surface area contributed by atoms with Gasteiger partial charge in [0.15, 0.2) is 5.75 Å². The Bertz CT molecular complexity index is 835. The first-order chi connectivity index (χ1) is 13.4. The van der Waals surface area contributed by atoms with Gasteiger partial charge in [0.1, 0.15) is 18.8 Å². The number of nitrogens with zero attached hydrogens (tertiary/aromatic N) is 1. The third-order valence-corrected chi connectivity index (χ3v) is 5.88. The van der Waals surface area contributed by atoms with Gasteiger partial charge in [-0.15, -0.1) is 0 Å². The van der Waals surface area contributed by atoms with E-state index in [1.54, 1.807) is 12.1 Å². The van der Waals surface area contributed by atoms with E-state index < -0.39 is 6.10 Å². The summed E-state index contributed by atoms with van der Waals surface area (Å²) in [5.74, 6) is 1.11. The van der Waals surface area contributed by atoms with Crippen LogP contribution in [0.3, 0.4) is 0 Å². The number of para-hydroxylation sites is 1. The van der Waals surface area contributed by atoms with Crippen LogP contribution in [-0.2, 0) is 12.8 Å². The first-order valence-corrected chi connectivity index (χ1v) is 10.5. The minimum Gasteiger partial charge on any atom is -0.488 e. The molecule has 0 bridgehead atoms. The Morgan fingerprint density at radius 1 is 1.21 bits per heavy atom. The van der Waals surface area contributed by atoms with Crippen molar-refractivity contribution in [1.29, 1.82) is 5.26 Å². The molecule has 5 heteroatoms. The highest BCUT2D eigenvalue weighted by Crippen LogP contribution is 2.32. The Morgan fingerprint density at radius 3 is 2.54 bits per heavy atom. The highest BCUT2D eigenvalue weighted by molar-refractivity contribution is 9.10. The molecule has 2 aromatic carbocycles. The van der Waals surface area contributed by atoms with Crippen LogP contribution in [0.25, 0.3) is 0 Å². The number of benzene rings is 2. The molecule has 2 aromatic rings. The van der Waals surface area contributed by atoms with Crippen LogP contribution in [0.5, 0.6) is 5.75 Å². The molecule has 3 rings (SSSR count). The summed E-state index contributed by atoms with van der Waals surface area (Å²) in [6.07, 6.45) is 2.66. The summed E-state index contributed by atoms with van der Waals surface area (Å²) in [5.41, 5.74) is 3.33. The molecule has 0 aliphatic heterocycles. The molecule has 1 unspecified atom stereocenters. The number of hydrogen-bond acceptors (Lipinski definition) is 4. The summed E-state index contributed by atoms with van der Waals surface area (Å²) in [4.78, 5) is 0. The first-order valence-electron chi connectivity index (χ1n) is 9.69. The third-order valence-electron chi connectivity index (χ3n) is 5.26. The van der Waals surface area contributed by atoms with E-state index in [9.17, 15) is 10.4 Å². The predicted octanol–water partition coefficient (Wildman–Crippen LogP) is 4.23. The van der Waals surface area contributed by atoms with Crippen molar-refractivity contribution in [2.45, 2.75) is 44.8 Å². The van der Waals surface area contributed by atoms with Crippen LogP contribution in [0.4, 0.5) is 0 Å². The summed E-state index contributed by atoms with van der Waals surface area (Å²) in [7, 11) is 0. The van der Waals surface area contributed by atoms with Gasteiger partial charge in [-0.05, 0) is 78.2 Å². The SMILES string of the molecule is CC(C)(CC1Cc2ccccc2C1)NCC(O)COc1c(Br)cccc1C#N. The van der Waals surface area contributed by atoms with Crippen molar-refractivity contribution in [2.24, 2.45) is 5.92 Å². The van der Waals surface area contributed by atoms with Gasteiger partial charge >= 0.3 is 0 Å². The number of aliphatic hydroxyl groups is 1. The Hall–Kier alpha value is -1.87. The summed E-state index contributed by atoms with van der Waals surface area (Å²) in [6.45, 7) is 4.95. The molecule has 0 amide bonds. The molecule has 1 atom stereocenters. The standard InChI is InChI=1S/C23H27BrN2O2/c1-23(2,12-16-10-17-6-3-4-7-18(17)11-16)26-14-20(27)15-28-22-19(13-25)8-5-9-21(22)24/h3-9,16,20,26-27H,10-12,14-15H2,1-2H3. The average Bonchev–Trinajstić information content (AvgIpc) is 3.06. The zero-order chi connectivity index (χ0) is 20.1. The molecule has 28 heavy (non-hydrogen) atoms. The number of ether oxygens (including phenoxy) is 1. The molecule has 0 saturated carbocycles.